The van der Waals surface area contributed by atoms with Gasteiger partial charge in [-0.2, -0.15) is 0 Å². The molecule has 0 saturated carbocycles. The third kappa shape index (κ3) is 3.54. The molecule has 3 aromatic heterocycles. The van der Waals surface area contributed by atoms with Crippen LogP contribution in [0.4, 0.5) is 5.69 Å². The van der Waals surface area contributed by atoms with Crippen LogP contribution in [0.2, 0.25) is 0 Å². The Bertz CT molecular complexity index is 1510. The molecule has 0 bridgehead atoms. The largest absolute Gasteiger partial charge is 0.472 e. The minimum atomic E-state index is -0.727. The Morgan fingerprint density at radius 1 is 1.16 bits per heavy atom. The molecule has 1 N–H and O–H groups in total. The second kappa shape index (κ2) is 7.97. The van der Waals surface area contributed by atoms with Gasteiger partial charge in [0.1, 0.15) is 17.6 Å². The maximum Gasteiger partial charge on any atom is 0.271 e. The SMILES string of the molecule is CC1=C(C(=O)Nc2ccccc2)C(c2ccc(C)o2)n2c(s/c(=C\c3ccoc3)c2=O)=N1. The monoisotopic (exact) mass is 445 g/mol. The average molecular weight is 446 g/mol. The standard InChI is InChI=1S/C24H19N3O4S/c1-14-8-9-18(31-14)21-20(22(28)26-17-6-4-3-5-7-17)15(2)25-24-27(21)23(29)19(32-24)12-16-10-11-30-13-16/h3-13,21H,1-2H3,(H,26,28)/b19-12-. The van der Waals surface area contributed by atoms with Crippen molar-refractivity contribution in [1.82, 2.24) is 4.57 Å². The molecule has 0 fully saturated rings. The van der Waals surface area contributed by atoms with Crippen LogP contribution in [0.1, 0.15) is 30.0 Å². The lowest BCUT2D eigenvalue weighted by molar-refractivity contribution is -0.113. The Balaban J connectivity index is 1.68. The number of benzene rings is 1. The number of para-hydroxylation sites is 1. The summed E-state index contributed by atoms with van der Waals surface area (Å²) in [7, 11) is 0. The number of amides is 1. The van der Waals surface area contributed by atoms with E-state index in [0.717, 1.165) is 5.56 Å². The molecule has 1 amide bonds. The molecule has 0 saturated heterocycles. The summed E-state index contributed by atoms with van der Waals surface area (Å²) in [4.78, 5) is 31.9. The Morgan fingerprint density at radius 2 is 1.97 bits per heavy atom. The summed E-state index contributed by atoms with van der Waals surface area (Å²) in [6.07, 6.45) is 4.86. The van der Waals surface area contributed by atoms with Crippen molar-refractivity contribution < 1.29 is 13.6 Å². The van der Waals surface area contributed by atoms with E-state index in [1.54, 1.807) is 49.8 Å². The van der Waals surface area contributed by atoms with E-state index >= 15 is 0 Å². The third-order valence-electron chi connectivity index (χ3n) is 5.17. The lowest BCUT2D eigenvalue weighted by Gasteiger charge is -2.23. The molecule has 1 unspecified atom stereocenters. The van der Waals surface area contributed by atoms with Crippen LogP contribution in [-0.2, 0) is 4.79 Å². The van der Waals surface area contributed by atoms with Gasteiger partial charge in [-0.15, -0.1) is 0 Å². The fraction of sp³-hybridized carbons (Fsp3) is 0.125. The van der Waals surface area contributed by atoms with Crippen molar-refractivity contribution in [3.8, 4) is 0 Å². The molecule has 1 aliphatic rings. The minimum Gasteiger partial charge on any atom is -0.472 e. The maximum atomic E-state index is 13.4. The van der Waals surface area contributed by atoms with Gasteiger partial charge in [0.05, 0.1) is 28.3 Å². The van der Waals surface area contributed by atoms with Gasteiger partial charge in [0.2, 0.25) is 0 Å². The molecule has 1 aromatic carbocycles. The summed E-state index contributed by atoms with van der Waals surface area (Å²) in [5.74, 6) is 0.865. The molecule has 1 atom stereocenters. The first-order valence-electron chi connectivity index (χ1n) is 9.99. The molecule has 5 rings (SSSR count). The van der Waals surface area contributed by atoms with E-state index in [9.17, 15) is 9.59 Å². The molecule has 0 aliphatic carbocycles. The molecule has 7 nitrogen and oxygen atoms in total. The van der Waals surface area contributed by atoms with E-state index in [1.807, 2.05) is 31.2 Å². The van der Waals surface area contributed by atoms with Gasteiger partial charge in [0, 0.05) is 11.3 Å². The average Bonchev–Trinajstić information content (AvgIpc) is 3.50. The fourth-order valence-corrected chi connectivity index (χ4v) is 4.76. The molecular weight excluding hydrogens is 426 g/mol. The second-order valence-electron chi connectivity index (χ2n) is 7.41. The van der Waals surface area contributed by atoms with Crippen molar-refractivity contribution >= 4 is 29.0 Å². The number of furan rings is 2. The highest BCUT2D eigenvalue weighted by molar-refractivity contribution is 7.07. The second-order valence-corrected chi connectivity index (χ2v) is 8.42. The number of hydrogen-bond acceptors (Lipinski definition) is 6. The number of nitrogens with zero attached hydrogens (tertiary/aromatic N) is 2. The van der Waals surface area contributed by atoms with Crippen molar-refractivity contribution in [1.29, 1.82) is 0 Å². The first kappa shape index (κ1) is 20.0. The van der Waals surface area contributed by atoms with Crippen LogP contribution < -0.4 is 20.2 Å². The van der Waals surface area contributed by atoms with E-state index in [1.165, 1.54) is 15.9 Å². The van der Waals surface area contributed by atoms with E-state index < -0.39 is 6.04 Å². The Hall–Kier alpha value is -3.91. The summed E-state index contributed by atoms with van der Waals surface area (Å²) in [5.41, 5.74) is 2.09. The number of thiazole rings is 1. The topological polar surface area (TPSA) is 89.7 Å². The fourth-order valence-electron chi connectivity index (χ4n) is 3.71. The number of aromatic nitrogens is 1. The van der Waals surface area contributed by atoms with E-state index in [4.69, 9.17) is 8.83 Å². The summed E-state index contributed by atoms with van der Waals surface area (Å²) >= 11 is 1.27. The number of fused-ring (bicyclic) bond motifs is 1. The van der Waals surface area contributed by atoms with Crippen LogP contribution in [0.15, 0.2) is 90.9 Å². The van der Waals surface area contributed by atoms with Gasteiger partial charge in [0.15, 0.2) is 4.80 Å². The van der Waals surface area contributed by atoms with Gasteiger partial charge in [-0.05, 0) is 50.3 Å². The van der Waals surface area contributed by atoms with Crippen molar-refractivity contribution in [2.24, 2.45) is 4.99 Å². The summed E-state index contributed by atoms with van der Waals surface area (Å²) in [6, 6.07) is 13.8. The maximum absolute atomic E-state index is 13.4. The number of hydrogen-bond donors (Lipinski definition) is 1. The molecule has 8 heteroatoms. The Labute approximate surface area is 186 Å². The van der Waals surface area contributed by atoms with E-state index in [2.05, 4.69) is 10.3 Å². The highest BCUT2D eigenvalue weighted by atomic mass is 32.1. The number of allylic oxidation sites excluding steroid dienone is 1. The third-order valence-corrected chi connectivity index (χ3v) is 6.15. The van der Waals surface area contributed by atoms with Gasteiger partial charge >= 0.3 is 0 Å². The van der Waals surface area contributed by atoms with Crippen LogP contribution in [-0.4, -0.2) is 10.5 Å². The molecule has 4 aromatic rings. The number of anilines is 1. The Morgan fingerprint density at radius 3 is 2.66 bits per heavy atom. The smallest absolute Gasteiger partial charge is 0.271 e. The number of carbonyl (C=O) groups excluding carboxylic acids is 1. The molecule has 32 heavy (non-hydrogen) atoms. The lowest BCUT2D eigenvalue weighted by Crippen LogP contribution is -2.40. The molecular formula is C24H19N3O4S. The van der Waals surface area contributed by atoms with Crippen LogP contribution >= 0.6 is 11.3 Å². The molecule has 0 radical (unpaired) electrons. The summed E-state index contributed by atoms with van der Waals surface area (Å²) in [5, 5.41) is 2.91. The molecule has 160 valence electrons. The Kier molecular flexibility index (Phi) is 4.99. The van der Waals surface area contributed by atoms with Crippen molar-refractivity contribution in [3.05, 3.63) is 109 Å². The van der Waals surface area contributed by atoms with Crippen molar-refractivity contribution in [3.63, 3.8) is 0 Å². The zero-order valence-corrected chi connectivity index (χ0v) is 18.2. The molecule has 0 spiro atoms. The summed E-state index contributed by atoms with van der Waals surface area (Å²) in [6.45, 7) is 3.60. The van der Waals surface area contributed by atoms with Gasteiger partial charge in [0.25, 0.3) is 11.5 Å². The first-order chi connectivity index (χ1) is 15.5. The van der Waals surface area contributed by atoms with E-state index in [-0.39, 0.29) is 11.5 Å². The van der Waals surface area contributed by atoms with Crippen molar-refractivity contribution in [2.75, 3.05) is 5.32 Å². The lowest BCUT2D eigenvalue weighted by atomic mass is 10.00. The number of carbonyl (C=O) groups is 1. The van der Waals surface area contributed by atoms with Crippen LogP contribution in [0.3, 0.4) is 0 Å². The summed E-state index contributed by atoms with van der Waals surface area (Å²) < 4.78 is 13.0. The van der Waals surface area contributed by atoms with Crippen LogP contribution in [0.25, 0.3) is 6.08 Å². The highest BCUT2D eigenvalue weighted by Gasteiger charge is 2.34. The number of aryl methyl sites for hydroxylation is 1. The highest BCUT2D eigenvalue weighted by Crippen LogP contribution is 2.31. The zero-order valence-electron chi connectivity index (χ0n) is 17.4. The quantitative estimate of drug-likeness (QED) is 0.522. The van der Waals surface area contributed by atoms with E-state index in [0.29, 0.717) is 37.8 Å². The first-order valence-corrected chi connectivity index (χ1v) is 10.8. The number of nitrogens with one attached hydrogen (secondary N) is 1. The molecule has 1 aliphatic heterocycles. The van der Waals surface area contributed by atoms with Gasteiger partial charge < -0.3 is 14.2 Å². The van der Waals surface area contributed by atoms with Crippen molar-refractivity contribution in [2.45, 2.75) is 19.9 Å². The minimum absolute atomic E-state index is 0.244. The van der Waals surface area contributed by atoms with Gasteiger partial charge in [-0.3, -0.25) is 14.2 Å². The zero-order chi connectivity index (χ0) is 22.2. The number of rotatable bonds is 4. The predicted molar refractivity (Wildman–Crippen MR) is 121 cm³/mol. The van der Waals surface area contributed by atoms with Gasteiger partial charge in [-0.25, -0.2) is 4.99 Å². The molecule has 4 heterocycles. The normalized spacial score (nSPS) is 16.1. The van der Waals surface area contributed by atoms with Gasteiger partial charge in [-0.1, -0.05) is 29.5 Å². The van der Waals surface area contributed by atoms with Crippen LogP contribution in [0.5, 0.6) is 0 Å². The van der Waals surface area contributed by atoms with Crippen LogP contribution in [0, 0.1) is 6.92 Å². The predicted octanol–water partition coefficient (Wildman–Crippen LogP) is 3.37.